The van der Waals surface area contributed by atoms with Crippen LogP contribution < -0.4 is 0 Å². The Morgan fingerprint density at radius 1 is 1.64 bits per heavy atom. The maximum absolute atomic E-state index is 11.4. The summed E-state index contributed by atoms with van der Waals surface area (Å²) in [5, 5.41) is 9.28. The van der Waals surface area contributed by atoms with Gasteiger partial charge >= 0.3 is 0 Å². The van der Waals surface area contributed by atoms with E-state index in [-0.39, 0.29) is 12.2 Å². The molecule has 1 atom stereocenters. The van der Waals surface area contributed by atoms with E-state index < -0.39 is 6.10 Å². The van der Waals surface area contributed by atoms with Crippen molar-refractivity contribution in [2.24, 2.45) is 0 Å². The van der Waals surface area contributed by atoms with Crippen LogP contribution in [0.5, 0.6) is 0 Å². The van der Waals surface area contributed by atoms with Crippen LogP contribution in [-0.2, 0) is 11.2 Å². The average Bonchev–Trinajstić information content (AvgIpc) is 2.16. The molecule has 1 aromatic rings. The molecule has 3 nitrogen and oxygen atoms in total. The van der Waals surface area contributed by atoms with Gasteiger partial charge < -0.3 is 5.11 Å². The van der Waals surface area contributed by atoms with Gasteiger partial charge in [0.15, 0.2) is 5.78 Å². The van der Waals surface area contributed by atoms with Crippen molar-refractivity contribution in [2.75, 3.05) is 0 Å². The first kappa shape index (κ1) is 11.3. The molecule has 0 saturated heterocycles. The molecule has 0 saturated carbocycles. The third kappa shape index (κ3) is 3.20. The van der Waals surface area contributed by atoms with Gasteiger partial charge in [-0.2, -0.15) is 0 Å². The van der Waals surface area contributed by atoms with E-state index >= 15 is 0 Å². The second-order valence-corrected chi connectivity index (χ2v) is 3.99. The predicted molar refractivity (Wildman–Crippen MR) is 56.9 cm³/mol. The summed E-state index contributed by atoms with van der Waals surface area (Å²) in [4.78, 5) is 15.3. The van der Waals surface area contributed by atoms with Crippen LogP contribution in [0.25, 0.3) is 0 Å². The van der Waals surface area contributed by atoms with Gasteiger partial charge in [0.05, 0.1) is 0 Å². The van der Waals surface area contributed by atoms with Crippen molar-refractivity contribution < 1.29 is 9.90 Å². The lowest BCUT2D eigenvalue weighted by molar-refractivity contribution is -0.126. The quantitative estimate of drug-likeness (QED) is 0.894. The lowest BCUT2D eigenvalue weighted by Gasteiger charge is -2.06. The first-order chi connectivity index (χ1) is 6.63. The number of hydrogen-bond acceptors (Lipinski definition) is 3. The lowest BCUT2D eigenvalue weighted by Crippen LogP contribution is -2.21. The fourth-order valence-electron chi connectivity index (χ4n) is 1.10. The molecule has 0 aromatic carbocycles. The normalized spacial score (nSPS) is 12.5. The molecule has 0 aliphatic carbocycles. The number of Topliss-reactive ketones (excluding diaryl/α,β-unsaturated/α-hetero) is 1. The topological polar surface area (TPSA) is 50.2 Å². The highest BCUT2D eigenvalue weighted by Crippen LogP contribution is 2.11. The van der Waals surface area contributed by atoms with Crippen molar-refractivity contribution in [1.29, 1.82) is 0 Å². The van der Waals surface area contributed by atoms with Crippen molar-refractivity contribution >= 4 is 21.7 Å². The molecule has 76 valence electrons. The third-order valence-electron chi connectivity index (χ3n) is 1.90. The molecule has 1 heterocycles. The van der Waals surface area contributed by atoms with Crippen molar-refractivity contribution in [3.05, 3.63) is 28.5 Å². The Kier molecular flexibility index (Phi) is 4.22. The molecule has 0 aliphatic heterocycles. The summed E-state index contributed by atoms with van der Waals surface area (Å²) < 4.78 is 0.841. The number of aromatic nitrogens is 1. The Morgan fingerprint density at radius 2 is 2.36 bits per heavy atom. The van der Waals surface area contributed by atoms with E-state index in [0.717, 1.165) is 10.0 Å². The van der Waals surface area contributed by atoms with E-state index in [1.54, 1.807) is 19.3 Å². The summed E-state index contributed by atoms with van der Waals surface area (Å²) in [5.41, 5.74) is 0.817. The van der Waals surface area contributed by atoms with Gasteiger partial charge in [-0.1, -0.05) is 6.92 Å². The zero-order chi connectivity index (χ0) is 10.6. The highest BCUT2D eigenvalue weighted by molar-refractivity contribution is 9.10. The Hall–Kier alpha value is -0.740. The van der Waals surface area contributed by atoms with Crippen LogP contribution in [0.4, 0.5) is 0 Å². The molecule has 0 bridgehead atoms. The van der Waals surface area contributed by atoms with E-state index in [1.807, 2.05) is 6.07 Å². The Morgan fingerprint density at radius 3 is 2.93 bits per heavy atom. The summed E-state index contributed by atoms with van der Waals surface area (Å²) >= 11 is 3.27. The number of ketones is 1. The van der Waals surface area contributed by atoms with Crippen LogP contribution in [0.3, 0.4) is 0 Å². The Labute approximate surface area is 91.3 Å². The zero-order valence-corrected chi connectivity index (χ0v) is 9.49. The number of hydrogen-bond donors (Lipinski definition) is 1. The van der Waals surface area contributed by atoms with Gasteiger partial charge in [-0.15, -0.1) is 0 Å². The van der Waals surface area contributed by atoms with Crippen LogP contribution in [0, 0.1) is 0 Å². The molecular weight excluding hydrogens is 246 g/mol. The Balaban J connectivity index is 2.65. The Bertz CT molecular complexity index is 328. The van der Waals surface area contributed by atoms with E-state index in [4.69, 9.17) is 0 Å². The van der Waals surface area contributed by atoms with Crippen LogP contribution in [0.1, 0.15) is 18.9 Å². The van der Waals surface area contributed by atoms with Crippen molar-refractivity contribution in [2.45, 2.75) is 25.9 Å². The number of aliphatic hydroxyl groups is 1. The second kappa shape index (κ2) is 5.22. The zero-order valence-electron chi connectivity index (χ0n) is 7.90. The van der Waals surface area contributed by atoms with Gasteiger partial charge in [-0.05, 0) is 34.0 Å². The van der Waals surface area contributed by atoms with Crippen molar-refractivity contribution in [3.63, 3.8) is 0 Å². The maximum atomic E-state index is 11.4. The standard InChI is InChI=1S/C10H12BrNO2/c1-2-9(13)10(14)4-7-3-8(11)6-12-5-7/h3,5-6,9,13H,2,4H2,1H3. The maximum Gasteiger partial charge on any atom is 0.165 e. The fourth-order valence-corrected chi connectivity index (χ4v) is 1.51. The lowest BCUT2D eigenvalue weighted by atomic mass is 10.1. The van der Waals surface area contributed by atoms with E-state index in [1.165, 1.54) is 0 Å². The van der Waals surface area contributed by atoms with E-state index in [0.29, 0.717) is 6.42 Å². The summed E-state index contributed by atoms with van der Waals surface area (Å²) in [6.07, 6.45) is 3.13. The highest BCUT2D eigenvalue weighted by Gasteiger charge is 2.13. The number of carbonyl (C=O) groups excluding carboxylic acids is 1. The minimum Gasteiger partial charge on any atom is -0.385 e. The van der Waals surface area contributed by atoms with E-state index in [9.17, 15) is 9.90 Å². The average molecular weight is 258 g/mol. The van der Waals surface area contributed by atoms with Gasteiger partial charge in [-0.25, -0.2) is 0 Å². The van der Waals surface area contributed by atoms with Crippen LogP contribution in [0.2, 0.25) is 0 Å². The fraction of sp³-hybridized carbons (Fsp3) is 0.400. The molecule has 1 aromatic heterocycles. The molecule has 4 heteroatoms. The monoisotopic (exact) mass is 257 g/mol. The van der Waals surface area contributed by atoms with Crippen molar-refractivity contribution in [1.82, 2.24) is 4.98 Å². The van der Waals surface area contributed by atoms with Gasteiger partial charge in [0.2, 0.25) is 0 Å². The summed E-state index contributed by atoms with van der Waals surface area (Å²) in [5.74, 6) is -0.160. The summed E-state index contributed by atoms with van der Waals surface area (Å²) in [7, 11) is 0. The SMILES string of the molecule is CCC(O)C(=O)Cc1cncc(Br)c1. The van der Waals surface area contributed by atoms with Crippen LogP contribution >= 0.6 is 15.9 Å². The van der Waals surface area contributed by atoms with Gasteiger partial charge in [0, 0.05) is 23.3 Å². The second-order valence-electron chi connectivity index (χ2n) is 3.08. The van der Waals surface area contributed by atoms with Gasteiger partial charge in [-0.3, -0.25) is 9.78 Å². The van der Waals surface area contributed by atoms with Crippen molar-refractivity contribution in [3.8, 4) is 0 Å². The highest BCUT2D eigenvalue weighted by atomic mass is 79.9. The molecule has 0 fully saturated rings. The number of nitrogens with zero attached hydrogens (tertiary/aromatic N) is 1. The van der Waals surface area contributed by atoms with E-state index in [2.05, 4.69) is 20.9 Å². The molecule has 0 amide bonds. The molecule has 1 N–H and O–H groups in total. The minimum absolute atomic E-state index is 0.160. The molecule has 1 unspecified atom stereocenters. The minimum atomic E-state index is -0.853. The summed E-state index contributed by atoms with van der Waals surface area (Å²) in [6, 6.07) is 1.83. The van der Waals surface area contributed by atoms with Gasteiger partial charge in [0.1, 0.15) is 6.10 Å². The molecule has 0 aliphatic rings. The molecule has 0 radical (unpaired) electrons. The predicted octanol–water partition coefficient (Wildman–Crippen LogP) is 1.73. The van der Waals surface area contributed by atoms with Crippen LogP contribution in [0.15, 0.2) is 22.9 Å². The number of aliphatic hydroxyl groups excluding tert-OH is 1. The smallest absolute Gasteiger partial charge is 0.165 e. The molecule has 14 heavy (non-hydrogen) atoms. The van der Waals surface area contributed by atoms with Crippen LogP contribution in [-0.4, -0.2) is 22.0 Å². The van der Waals surface area contributed by atoms with Gasteiger partial charge in [0.25, 0.3) is 0 Å². The number of rotatable bonds is 4. The summed E-state index contributed by atoms with van der Waals surface area (Å²) in [6.45, 7) is 1.78. The first-order valence-corrected chi connectivity index (χ1v) is 5.23. The molecular formula is C10H12BrNO2. The molecule has 0 spiro atoms. The first-order valence-electron chi connectivity index (χ1n) is 4.43. The number of halogens is 1. The largest absolute Gasteiger partial charge is 0.385 e. The number of pyridine rings is 1. The third-order valence-corrected chi connectivity index (χ3v) is 2.33. The molecule has 1 rings (SSSR count). The number of carbonyl (C=O) groups is 1.